The molecule has 0 fully saturated rings. The zero-order chi connectivity index (χ0) is 12.8. The maximum atomic E-state index is 11.9. The van der Waals surface area contributed by atoms with Gasteiger partial charge in [0.2, 0.25) is 5.91 Å². The Bertz CT molecular complexity index is 217. The fourth-order valence-corrected chi connectivity index (χ4v) is 1.19. The second-order valence-electron chi connectivity index (χ2n) is 4.05. The quantitative estimate of drug-likeness (QED) is 0.771. The molecular weight excluding hydrogens is 221 g/mol. The van der Waals surface area contributed by atoms with Gasteiger partial charge in [-0.05, 0) is 19.8 Å². The van der Waals surface area contributed by atoms with E-state index < -0.39 is 12.6 Å². The van der Waals surface area contributed by atoms with Crippen LogP contribution in [0.5, 0.6) is 0 Å². The molecule has 0 aliphatic carbocycles. The van der Waals surface area contributed by atoms with Gasteiger partial charge in [0.05, 0.1) is 6.42 Å². The van der Waals surface area contributed by atoms with Gasteiger partial charge in [-0.3, -0.25) is 4.79 Å². The first-order valence-electron chi connectivity index (χ1n) is 5.28. The van der Waals surface area contributed by atoms with E-state index in [4.69, 9.17) is 5.73 Å². The lowest BCUT2D eigenvalue weighted by atomic mass is 10.1. The summed E-state index contributed by atoms with van der Waals surface area (Å²) >= 11 is 0. The summed E-state index contributed by atoms with van der Waals surface area (Å²) in [5, 5.41) is 0. The number of halogens is 3. The molecule has 0 saturated carbocycles. The van der Waals surface area contributed by atoms with Crippen LogP contribution in [0.4, 0.5) is 13.2 Å². The van der Waals surface area contributed by atoms with Crippen molar-refractivity contribution < 1.29 is 18.0 Å². The van der Waals surface area contributed by atoms with Crippen LogP contribution in [0.25, 0.3) is 0 Å². The Labute approximate surface area is 93.8 Å². The van der Waals surface area contributed by atoms with Crippen LogP contribution in [0.15, 0.2) is 0 Å². The molecule has 0 bridgehead atoms. The number of carbonyl (C=O) groups is 1. The van der Waals surface area contributed by atoms with E-state index >= 15 is 0 Å². The molecule has 0 aromatic rings. The summed E-state index contributed by atoms with van der Waals surface area (Å²) in [5.74, 6) is -0.259. The van der Waals surface area contributed by atoms with Crippen molar-refractivity contribution in [3.05, 3.63) is 0 Å². The Hall–Kier alpha value is -0.780. The molecule has 0 radical (unpaired) electrons. The molecule has 1 amide bonds. The highest BCUT2D eigenvalue weighted by Crippen LogP contribution is 2.19. The SMILES string of the molecule is CC(N)CCCC(=O)N(C)CCC(F)(F)F. The molecule has 0 aliphatic heterocycles. The second-order valence-corrected chi connectivity index (χ2v) is 4.05. The van der Waals surface area contributed by atoms with Gasteiger partial charge in [-0.15, -0.1) is 0 Å². The Morgan fingerprint density at radius 2 is 2.00 bits per heavy atom. The van der Waals surface area contributed by atoms with E-state index in [1.54, 1.807) is 0 Å². The summed E-state index contributed by atoms with van der Waals surface area (Å²) in [6, 6.07) is 0.0216. The molecule has 0 saturated heterocycles. The van der Waals surface area contributed by atoms with E-state index in [1.165, 1.54) is 7.05 Å². The minimum atomic E-state index is -4.21. The molecule has 96 valence electrons. The van der Waals surface area contributed by atoms with Crippen molar-refractivity contribution in [3.63, 3.8) is 0 Å². The third-order valence-corrected chi connectivity index (χ3v) is 2.21. The zero-order valence-corrected chi connectivity index (χ0v) is 9.68. The first-order chi connectivity index (χ1) is 7.22. The van der Waals surface area contributed by atoms with E-state index in [0.717, 1.165) is 4.90 Å². The lowest BCUT2D eigenvalue weighted by Gasteiger charge is -2.18. The minimum absolute atomic E-state index is 0.0216. The van der Waals surface area contributed by atoms with E-state index in [2.05, 4.69) is 0 Å². The molecule has 6 heteroatoms. The molecule has 1 atom stereocenters. The molecule has 0 heterocycles. The van der Waals surface area contributed by atoms with E-state index in [1.807, 2.05) is 6.92 Å². The third kappa shape index (κ3) is 8.52. The predicted octanol–water partition coefficient (Wildman–Crippen LogP) is 1.91. The number of alkyl halides is 3. The number of hydrogen-bond donors (Lipinski definition) is 1. The lowest BCUT2D eigenvalue weighted by Crippen LogP contribution is -2.30. The van der Waals surface area contributed by atoms with Gasteiger partial charge in [-0.2, -0.15) is 13.2 Å². The van der Waals surface area contributed by atoms with E-state index in [-0.39, 0.29) is 24.9 Å². The van der Waals surface area contributed by atoms with Crippen LogP contribution in [0.2, 0.25) is 0 Å². The summed E-state index contributed by atoms with van der Waals surface area (Å²) in [5.41, 5.74) is 5.50. The van der Waals surface area contributed by atoms with Crippen molar-refractivity contribution in [2.75, 3.05) is 13.6 Å². The molecule has 0 aromatic carbocycles. The average Bonchev–Trinajstić information content (AvgIpc) is 2.12. The minimum Gasteiger partial charge on any atom is -0.345 e. The van der Waals surface area contributed by atoms with Crippen LogP contribution in [0.1, 0.15) is 32.6 Å². The average molecular weight is 240 g/mol. The molecule has 0 aliphatic rings. The van der Waals surface area contributed by atoms with Gasteiger partial charge in [0.25, 0.3) is 0 Å². The Kier molecular flexibility index (Phi) is 6.40. The van der Waals surface area contributed by atoms with Crippen molar-refractivity contribution in [2.45, 2.75) is 44.8 Å². The van der Waals surface area contributed by atoms with Gasteiger partial charge in [-0.1, -0.05) is 0 Å². The molecule has 3 nitrogen and oxygen atoms in total. The van der Waals surface area contributed by atoms with Gasteiger partial charge in [0.1, 0.15) is 0 Å². The van der Waals surface area contributed by atoms with E-state index in [0.29, 0.717) is 12.8 Å². The fourth-order valence-electron chi connectivity index (χ4n) is 1.19. The number of rotatable bonds is 6. The number of carbonyl (C=O) groups excluding carboxylic acids is 1. The molecule has 16 heavy (non-hydrogen) atoms. The molecule has 0 aromatic heterocycles. The highest BCUT2D eigenvalue weighted by Gasteiger charge is 2.27. The molecule has 2 N–H and O–H groups in total. The largest absolute Gasteiger partial charge is 0.390 e. The van der Waals surface area contributed by atoms with Crippen LogP contribution >= 0.6 is 0 Å². The van der Waals surface area contributed by atoms with Crippen LogP contribution in [0.3, 0.4) is 0 Å². The van der Waals surface area contributed by atoms with Gasteiger partial charge < -0.3 is 10.6 Å². The Balaban J connectivity index is 3.74. The van der Waals surface area contributed by atoms with Crippen molar-refractivity contribution in [1.82, 2.24) is 4.90 Å². The van der Waals surface area contributed by atoms with Gasteiger partial charge in [0.15, 0.2) is 0 Å². The van der Waals surface area contributed by atoms with Crippen LogP contribution in [-0.2, 0) is 4.79 Å². The smallest absolute Gasteiger partial charge is 0.345 e. The number of amides is 1. The molecule has 1 unspecified atom stereocenters. The molecular formula is C10H19F3N2O. The van der Waals surface area contributed by atoms with Crippen molar-refractivity contribution in [1.29, 1.82) is 0 Å². The zero-order valence-electron chi connectivity index (χ0n) is 9.68. The summed E-state index contributed by atoms with van der Waals surface area (Å²) < 4.78 is 35.6. The van der Waals surface area contributed by atoms with Crippen molar-refractivity contribution in [2.24, 2.45) is 5.73 Å². The maximum Gasteiger partial charge on any atom is 0.390 e. The summed E-state index contributed by atoms with van der Waals surface area (Å²) in [6.45, 7) is 1.55. The summed E-state index contributed by atoms with van der Waals surface area (Å²) in [7, 11) is 1.39. The van der Waals surface area contributed by atoms with Crippen molar-refractivity contribution >= 4 is 5.91 Å². The maximum absolute atomic E-state index is 11.9. The van der Waals surface area contributed by atoms with E-state index in [9.17, 15) is 18.0 Å². The molecule has 0 rings (SSSR count). The van der Waals surface area contributed by atoms with Crippen LogP contribution in [-0.4, -0.2) is 36.6 Å². The van der Waals surface area contributed by atoms with Gasteiger partial charge in [-0.25, -0.2) is 0 Å². The summed E-state index contributed by atoms with van der Waals surface area (Å²) in [4.78, 5) is 12.5. The molecule has 0 spiro atoms. The monoisotopic (exact) mass is 240 g/mol. The van der Waals surface area contributed by atoms with Crippen LogP contribution in [0, 0.1) is 0 Å². The van der Waals surface area contributed by atoms with Gasteiger partial charge in [0, 0.05) is 26.1 Å². The normalized spacial score (nSPS) is 13.6. The lowest BCUT2D eigenvalue weighted by molar-refractivity contribution is -0.144. The summed E-state index contributed by atoms with van der Waals surface area (Å²) in [6.07, 6.45) is -3.58. The Morgan fingerprint density at radius 3 is 2.44 bits per heavy atom. The number of hydrogen-bond acceptors (Lipinski definition) is 2. The highest BCUT2D eigenvalue weighted by atomic mass is 19.4. The number of nitrogens with zero attached hydrogens (tertiary/aromatic N) is 1. The number of nitrogens with two attached hydrogens (primary N) is 1. The highest BCUT2D eigenvalue weighted by molar-refractivity contribution is 5.75. The fraction of sp³-hybridized carbons (Fsp3) is 0.900. The van der Waals surface area contributed by atoms with Gasteiger partial charge >= 0.3 is 6.18 Å². The predicted molar refractivity (Wildman–Crippen MR) is 55.8 cm³/mol. The topological polar surface area (TPSA) is 46.3 Å². The Morgan fingerprint density at radius 1 is 1.44 bits per heavy atom. The third-order valence-electron chi connectivity index (χ3n) is 2.21. The first-order valence-corrected chi connectivity index (χ1v) is 5.28. The standard InChI is InChI=1S/C10H19F3N2O/c1-8(14)4-3-5-9(16)15(2)7-6-10(11,12)13/h8H,3-7,14H2,1-2H3. The van der Waals surface area contributed by atoms with Crippen molar-refractivity contribution in [3.8, 4) is 0 Å². The first kappa shape index (κ1) is 15.2. The second kappa shape index (κ2) is 6.73. The van der Waals surface area contributed by atoms with Crippen LogP contribution < -0.4 is 5.73 Å².